The number of carbonyl (C=O) groups is 2. The minimum atomic E-state index is -0.288. The molecule has 4 aliphatic carbocycles. The first-order valence-electron chi connectivity index (χ1n) is 15.3. The summed E-state index contributed by atoms with van der Waals surface area (Å²) < 4.78 is 0. The van der Waals surface area contributed by atoms with Crippen LogP contribution in [0.5, 0.6) is 0 Å². The van der Waals surface area contributed by atoms with E-state index in [-0.39, 0.29) is 28.4 Å². The largest absolute Gasteiger partial charge is 0.287 e. The van der Waals surface area contributed by atoms with Crippen LogP contribution in [0, 0.1) is 24.5 Å². The fourth-order valence-corrected chi connectivity index (χ4v) is 9.95. The number of aliphatic imine (C=N–C) groups is 2. The predicted molar refractivity (Wildman–Crippen MR) is 186 cm³/mol. The molecule has 0 amide bonds. The minimum absolute atomic E-state index is 0.128. The third-order valence-electron chi connectivity index (χ3n) is 9.60. The number of Topliss-reactive ketones (excluding diaryl/α,β-unsaturated/α-hetero) is 2. The van der Waals surface area contributed by atoms with Gasteiger partial charge < -0.3 is 0 Å². The number of hydrogen-bond acceptors (Lipinski definition) is 7. The fraction of sp³-hybridized carbons (Fsp3) is 0.184. The summed E-state index contributed by atoms with van der Waals surface area (Å²) in [6.07, 6.45) is 5.28. The molecule has 1 fully saturated rings. The van der Waals surface area contributed by atoms with Crippen molar-refractivity contribution in [1.82, 2.24) is 0 Å². The highest BCUT2D eigenvalue weighted by Crippen LogP contribution is 2.63. The van der Waals surface area contributed by atoms with Crippen molar-refractivity contribution in [3.05, 3.63) is 128 Å². The fourth-order valence-electron chi connectivity index (χ4n) is 7.52. The number of thiophene rings is 2. The van der Waals surface area contributed by atoms with E-state index >= 15 is 0 Å². The van der Waals surface area contributed by atoms with Crippen molar-refractivity contribution in [3.8, 4) is 15.8 Å². The van der Waals surface area contributed by atoms with Gasteiger partial charge in [0.2, 0.25) is 11.6 Å². The lowest BCUT2D eigenvalue weighted by Crippen LogP contribution is -2.27. The number of ketones is 2. The minimum Gasteiger partial charge on any atom is -0.287 e. The molecule has 0 N–H and O–H groups in total. The lowest BCUT2D eigenvalue weighted by atomic mass is 9.68. The maximum atomic E-state index is 13.6. The summed E-state index contributed by atoms with van der Waals surface area (Å²) in [5.74, 6) is -0.458. The van der Waals surface area contributed by atoms with Gasteiger partial charge in [-0.2, -0.15) is 0 Å². The second-order valence-corrected chi connectivity index (χ2v) is 14.0. The van der Waals surface area contributed by atoms with Gasteiger partial charge in [-0.3, -0.25) is 9.59 Å². The summed E-state index contributed by atoms with van der Waals surface area (Å²) in [6.45, 7) is 17.0. The summed E-state index contributed by atoms with van der Waals surface area (Å²) >= 11 is 3.05. The third-order valence-corrected chi connectivity index (χ3v) is 11.8. The number of hydrogen-bond donors (Lipinski definition) is 0. The van der Waals surface area contributed by atoms with Crippen LogP contribution in [0.2, 0.25) is 0 Å². The number of benzene rings is 2. The molecule has 4 aromatic rings. The Labute approximate surface area is 279 Å². The molecule has 0 atom stereocenters. The molecule has 0 saturated heterocycles. The van der Waals surface area contributed by atoms with Crippen molar-refractivity contribution in [2.24, 2.45) is 9.98 Å². The van der Waals surface area contributed by atoms with Gasteiger partial charge in [0.1, 0.15) is 21.4 Å². The average molecular weight is 646 g/mol. The molecule has 1 spiro atoms. The Kier molecular flexibility index (Phi) is 6.63. The Bertz CT molecular complexity index is 2360. The van der Waals surface area contributed by atoms with Crippen LogP contribution < -0.4 is 0 Å². The molecule has 2 aromatic carbocycles. The first kappa shape index (κ1) is 28.9. The van der Waals surface area contributed by atoms with Crippen molar-refractivity contribution in [2.75, 3.05) is 0 Å². The molecule has 9 heteroatoms. The van der Waals surface area contributed by atoms with E-state index in [9.17, 15) is 14.9 Å². The zero-order valence-corrected chi connectivity index (χ0v) is 26.8. The molecule has 0 radical (unpaired) electrons. The first-order chi connectivity index (χ1) is 22.9. The molecule has 8 rings (SSSR count). The van der Waals surface area contributed by atoms with Crippen LogP contribution >= 0.6 is 22.7 Å². The summed E-state index contributed by atoms with van der Waals surface area (Å²) in [7, 11) is 0. The molecule has 0 unspecified atom stereocenters. The molecule has 0 aliphatic heterocycles. The lowest BCUT2D eigenvalue weighted by molar-refractivity contribution is 0.106. The normalized spacial score (nSPS) is 20.8. The highest BCUT2D eigenvalue weighted by Gasteiger charge is 2.47. The molecule has 7 nitrogen and oxygen atoms in total. The molecule has 0 bridgehead atoms. The van der Waals surface area contributed by atoms with Crippen LogP contribution in [0.1, 0.15) is 82.0 Å². The Hall–Kier alpha value is -5.53. The number of rotatable bonds is 2. The molecule has 47 heavy (non-hydrogen) atoms. The maximum Gasteiger partial charge on any atom is 0.271 e. The smallest absolute Gasteiger partial charge is 0.271 e. The first-order valence-corrected chi connectivity index (χ1v) is 16.9. The highest BCUT2D eigenvalue weighted by atomic mass is 32.1. The van der Waals surface area contributed by atoms with Gasteiger partial charge in [0, 0.05) is 27.7 Å². The van der Waals surface area contributed by atoms with E-state index in [1.165, 1.54) is 22.5 Å². The molecule has 4 aliphatic rings. The molecule has 2 heterocycles. The Morgan fingerprint density at radius 2 is 1.26 bits per heavy atom. The number of carbonyl (C=O) groups excluding carboxylic acids is 2. The van der Waals surface area contributed by atoms with E-state index in [1.54, 1.807) is 48.6 Å². The zero-order valence-electron chi connectivity index (χ0n) is 25.2. The SMILES string of the molecule is [C-]#[N+]C(C)=C1C(=Nc2cc3c(s2)-c2sc(N=C4C(=O)c5ccccc5/C4=C(/C#N)[N+]#[C-])cc2C32CCCCC2)C(=O)c2ccccc21. The summed E-state index contributed by atoms with van der Waals surface area (Å²) in [5.41, 5.74) is 6.15. The second kappa shape index (κ2) is 10.8. The van der Waals surface area contributed by atoms with Gasteiger partial charge in [0.05, 0.1) is 29.0 Å². The Balaban J connectivity index is 1.27. The number of allylic oxidation sites excluding steroid dienone is 4. The van der Waals surface area contributed by atoms with Crippen molar-refractivity contribution < 1.29 is 9.59 Å². The van der Waals surface area contributed by atoms with Crippen LogP contribution in [0.15, 0.2) is 82.0 Å². The van der Waals surface area contributed by atoms with Gasteiger partial charge in [-0.05, 0) is 54.2 Å². The van der Waals surface area contributed by atoms with Crippen LogP contribution in [0.3, 0.4) is 0 Å². The van der Waals surface area contributed by atoms with Crippen LogP contribution in [-0.4, -0.2) is 23.0 Å². The highest BCUT2D eigenvalue weighted by molar-refractivity contribution is 7.26. The number of nitrogens with zero attached hydrogens (tertiary/aromatic N) is 5. The van der Waals surface area contributed by atoms with Gasteiger partial charge in [0.25, 0.3) is 5.70 Å². The Morgan fingerprint density at radius 1 is 0.766 bits per heavy atom. The van der Waals surface area contributed by atoms with E-state index in [1.807, 2.05) is 24.3 Å². The van der Waals surface area contributed by atoms with Crippen LogP contribution in [0.4, 0.5) is 10.0 Å². The molecule has 1 saturated carbocycles. The van der Waals surface area contributed by atoms with E-state index in [0.717, 1.165) is 52.4 Å². The van der Waals surface area contributed by atoms with Crippen molar-refractivity contribution in [2.45, 2.75) is 44.4 Å². The van der Waals surface area contributed by atoms with Crippen molar-refractivity contribution in [1.29, 1.82) is 5.26 Å². The molecule has 2 aromatic heterocycles. The van der Waals surface area contributed by atoms with E-state index in [4.69, 9.17) is 23.1 Å². The number of fused-ring (bicyclic) bond motifs is 7. The maximum absolute atomic E-state index is 13.6. The quantitative estimate of drug-likeness (QED) is 0.161. The van der Waals surface area contributed by atoms with Crippen LogP contribution in [0.25, 0.3) is 30.6 Å². The van der Waals surface area contributed by atoms with E-state index < -0.39 is 0 Å². The zero-order chi connectivity index (χ0) is 32.4. The summed E-state index contributed by atoms with van der Waals surface area (Å²) in [5, 5.41) is 11.1. The van der Waals surface area contributed by atoms with Gasteiger partial charge in [-0.15, -0.1) is 22.7 Å². The van der Waals surface area contributed by atoms with Gasteiger partial charge in [0.15, 0.2) is 5.70 Å². The van der Waals surface area contributed by atoms with E-state index in [0.29, 0.717) is 44.2 Å². The van der Waals surface area contributed by atoms with Gasteiger partial charge in [-0.25, -0.2) is 24.9 Å². The van der Waals surface area contributed by atoms with Crippen LogP contribution in [-0.2, 0) is 5.41 Å². The standard InChI is InChI=1S/C38H23N5O2S2/c1-20(40-2)30-21-11-5-7-13-23(21)34(44)32(30)42-28-17-25-36(46-28)37-26(38(25)15-9-4-10-16-38)18-29(47-37)43-33-31(27(19-39)41-3)22-12-6-8-14-24(22)35(33)45/h5-8,11-14,17-18H,4,9-10,15-16H2,1H3/b30-20?,31-27+,42-32?,43-33?. The summed E-state index contributed by atoms with van der Waals surface area (Å²) in [6, 6.07) is 20.6. The topological polar surface area (TPSA) is 91.4 Å². The lowest BCUT2D eigenvalue weighted by Gasteiger charge is -2.34. The molecule has 224 valence electrons. The Morgan fingerprint density at radius 3 is 1.74 bits per heavy atom. The monoisotopic (exact) mass is 645 g/mol. The summed E-state index contributed by atoms with van der Waals surface area (Å²) in [4.78, 5) is 46.2. The van der Waals surface area contributed by atoms with Gasteiger partial charge >= 0.3 is 0 Å². The van der Waals surface area contributed by atoms with E-state index in [2.05, 4.69) is 21.8 Å². The number of nitriles is 1. The average Bonchev–Trinajstić information content (AvgIpc) is 3.88. The van der Waals surface area contributed by atoms with Crippen molar-refractivity contribution in [3.63, 3.8) is 0 Å². The van der Waals surface area contributed by atoms with Gasteiger partial charge in [-0.1, -0.05) is 67.8 Å². The third kappa shape index (κ3) is 4.13. The molecular formula is C38H23N5O2S2. The molecular weight excluding hydrogens is 623 g/mol. The van der Waals surface area contributed by atoms with Crippen molar-refractivity contribution >= 4 is 66.8 Å². The predicted octanol–water partition coefficient (Wildman–Crippen LogP) is 9.78. The second-order valence-electron chi connectivity index (χ2n) is 12.0.